The average molecular weight is 405 g/mol. The van der Waals surface area contributed by atoms with Crippen LogP contribution in [-0.2, 0) is 7.05 Å². The molecule has 142 valence electrons. The first-order chi connectivity index (χ1) is 14.0. The van der Waals surface area contributed by atoms with Crippen LogP contribution in [0.3, 0.4) is 0 Å². The number of amides is 1. The van der Waals surface area contributed by atoms with Gasteiger partial charge in [-0.15, -0.1) is 16.4 Å². The van der Waals surface area contributed by atoms with Crippen LogP contribution in [0.5, 0.6) is 0 Å². The highest BCUT2D eigenvalue weighted by atomic mass is 32.1. The number of pyridine rings is 1. The van der Waals surface area contributed by atoms with Crippen LogP contribution < -0.4 is 5.32 Å². The fourth-order valence-corrected chi connectivity index (χ4v) is 3.31. The number of carbonyl (C=O) groups is 1. The second-order valence-electron chi connectivity index (χ2n) is 5.93. The molecule has 0 aliphatic carbocycles. The third-order valence-electron chi connectivity index (χ3n) is 3.92. The summed E-state index contributed by atoms with van der Waals surface area (Å²) < 4.78 is 13.2. The minimum atomic E-state index is -0.489. The molecule has 0 saturated heterocycles. The van der Waals surface area contributed by atoms with Crippen LogP contribution in [0.25, 0.3) is 22.6 Å². The van der Waals surface area contributed by atoms with Crippen molar-refractivity contribution in [3.63, 3.8) is 0 Å². The SMILES string of the molecule is Cn1nc(C(=O)Nc2nc(-c3cc(C#N)ccn3)cs2)c(-c2ccc(F)cc2)n1. The van der Waals surface area contributed by atoms with Crippen molar-refractivity contribution in [1.82, 2.24) is 25.0 Å². The fraction of sp³-hybridized carbons (Fsp3) is 0.0526. The Bertz CT molecular complexity index is 1240. The van der Waals surface area contributed by atoms with Crippen molar-refractivity contribution in [1.29, 1.82) is 5.26 Å². The summed E-state index contributed by atoms with van der Waals surface area (Å²) in [7, 11) is 1.60. The number of anilines is 1. The van der Waals surface area contributed by atoms with E-state index >= 15 is 0 Å². The van der Waals surface area contributed by atoms with Crippen LogP contribution >= 0.6 is 11.3 Å². The van der Waals surface area contributed by atoms with Gasteiger partial charge in [0, 0.05) is 24.2 Å². The Morgan fingerprint density at radius 2 is 2.00 bits per heavy atom. The Morgan fingerprint density at radius 3 is 2.76 bits per heavy atom. The molecule has 8 nitrogen and oxygen atoms in total. The van der Waals surface area contributed by atoms with Gasteiger partial charge in [-0.1, -0.05) is 0 Å². The molecule has 1 N–H and O–H groups in total. The topological polar surface area (TPSA) is 109 Å². The zero-order valence-corrected chi connectivity index (χ0v) is 15.8. The number of nitrogens with zero attached hydrogens (tertiary/aromatic N) is 6. The summed E-state index contributed by atoms with van der Waals surface area (Å²) in [6.07, 6.45) is 1.53. The Balaban J connectivity index is 1.59. The molecular weight excluding hydrogens is 393 g/mol. The maximum atomic E-state index is 13.2. The standard InChI is InChI=1S/C19H12FN7OS/c1-27-25-16(12-2-4-13(20)5-3-12)17(26-27)18(28)24-19-23-15(10-29-19)14-8-11(9-21)6-7-22-14/h2-8,10H,1H3,(H,23,24,28). The normalized spacial score (nSPS) is 10.5. The number of halogens is 1. The fourth-order valence-electron chi connectivity index (χ4n) is 2.61. The minimum absolute atomic E-state index is 0.0976. The second-order valence-corrected chi connectivity index (χ2v) is 6.79. The number of thiazole rings is 1. The molecule has 0 aliphatic rings. The summed E-state index contributed by atoms with van der Waals surface area (Å²) in [4.78, 5) is 22.6. The van der Waals surface area contributed by atoms with E-state index in [1.165, 1.54) is 46.6 Å². The Hall–Kier alpha value is -3.97. The average Bonchev–Trinajstić information content (AvgIpc) is 3.35. The van der Waals surface area contributed by atoms with Crippen molar-refractivity contribution in [3.05, 3.63) is 65.0 Å². The number of benzene rings is 1. The molecule has 0 saturated carbocycles. The minimum Gasteiger partial charge on any atom is -0.296 e. The maximum absolute atomic E-state index is 13.2. The van der Waals surface area contributed by atoms with Crippen molar-refractivity contribution >= 4 is 22.4 Å². The molecule has 10 heteroatoms. The van der Waals surface area contributed by atoms with Gasteiger partial charge in [-0.05, 0) is 36.4 Å². The van der Waals surface area contributed by atoms with E-state index in [4.69, 9.17) is 5.26 Å². The summed E-state index contributed by atoms with van der Waals surface area (Å²) in [5.41, 5.74) is 2.55. The van der Waals surface area contributed by atoms with Gasteiger partial charge in [-0.3, -0.25) is 15.1 Å². The molecule has 1 aromatic carbocycles. The lowest BCUT2D eigenvalue weighted by atomic mass is 10.1. The first-order valence-electron chi connectivity index (χ1n) is 8.34. The van der Waals surface area contributed by atoms with Gasteiger partial charge < -0.3 is 0 Å². The molecule has 0 fully saturated rings. The maximum Gasteiger partial charge on any atom is 0.280 e. The number of rotatable bonds is 4. The number of nitrogens with one attached hydrogen (secondary N) is 1. The van der Waals surface area contributed by atoms with Gasteiger partial charge in [0.25, 0.3) is 5.91 Å². The van der Waals surface area contributed by atoms with E-state index in [0.717, 1.165) is 0 Å². The summed E-state index contributed by atoms with van der Waals surface area (Å²) in [6.45, 7) is 0. The zero-order chi connectivity index (χ0) is 20.4. The van der Waals surface area contributed by atoms with Gasteiger partial charge >= 0.3 is 0 Å². The first-order valence-corrected chi connectivity index (χ1v) is 9.22. The molecule has 1 amide bonds. The molecule has 3 aromatic heterocycles. The molecule has 0 spiro atoms. The highest BCUT2D eigenvalue weighted by molar-refractivity contribution is 7.14. The zero-order valence-electron chi connectivity index (χ0n) is 15.0. The quantitative estimate of drug-likeness (QED) is 0.558. The van der Waals surface area contributed by atoms with E-state index in [2.05, 4.69) is 31.6 Å². The molecule has 0 radical (unpaired) electrons. The number of hydrogen-bond acceptors (Lipinski definition) is 7. The Labute approximate surface area is 168 Å². The number of aromatic nitrogens is 5. The van der Waals surface area contributed by atoms with E-state index in [0.29, 0.717) is 33.3 Å². The number of nitriles is 1. The highest BCUT2D eigenvalue weighted by Crippen LogP contribution is 2.26. The predicted molar refractivity (Wildman–Crippen MR) is 104 cm³/mol. The van der Waals surface area contributed by atoms with Crippen LogP contribution in [0.4, 0.5) is 9.52 Å². The lowest BCUT2D eigenvalue weighted by Crippen LogP contribution is -2.14. The molecule has 29 heavy (non-hydrogen) atoms. The van der Waals surface area contributed by atoms with Gasteiger partial charge in [0.05, 0.1) is 17.3 Å². The van der Waals surface area contributed by atoms with E-state index in [1.54, 1.807) is 24.6 Å². The third-order valence-corrected chi connectivity index (χ3v) is 4.68. The summed E-state index contributed by atoms with van der Waals surface area (Å²) in [5.74, 6) is -0.870. The van der Waals surface area contributed by atoms with Gasteiger partial charge in [-0.25, -0.2) is 9.37 Å². The van der Waals surface area contributed by atoms with Crippen molar-refractivity contribution in [2.75, 3.05) is 5.32 Å². The molecule has 0 atom stereocenters. The smallest absolute Gasteiger partial charge is 0.280 e. The monoisotopic (exact) mass is 405 g/mol. The molecule has 3 heterocycles. The molecule has 0 aliphatic heterocycles. The van der Waals surface area contributed by atoms with E-state index < -0.39 is 5.91 Å². The molecule has 4 rings (SSSR count). The second kappa shape index (κ2) is 7.57. The van der Waals surface area contributed by atoms with Crippen LogP contribution in [0.1, 0.15) is 16.1 Å². The van der Waals surface area contributed by atoms with Crippen molar-refractivity contribution < 1.29 is 9.18 Å². The molecule has 4 aromatic rings. The first kappa shape index (κ1) is 18.4. The van der Waals surface area contributed by atoms with Crippen molar-refractivity contribution in [2.24, 2.45) is 7.05 Å². The number of aryl methyl sites for hydroxylation is 1. The highest BCUT2D eigenvalue weighted by Gasteiger charge is 2.20. The van der Waals surface area contributed by atoms with Gasteiger partial charge in [-0.2, -0.15) is 15.2 Å². The van der Waals surface area contributed by atoms with Crippen molar-refractivity contribution in [3.8, 4) is 28.7 Å². The van der Waals surface area contributed by atoms with E-state index in [1.807, 2.05) is 0 Å². The number of hydrogen-bond donors (Lipinski definition) is 1. The number of carbonyl (C=O) groups excluding carboxylic acids is 1. The summed E-state index contributed by atoms with van der Waals surface area (Å²) >= 11 is 1.22. The molecule has 0 unspecified atom stereocenters. The van der Waals surface area contributed by atoms with Gasteiger partial charge in [0.15, 0.2) is 10.8 Å². The summed E-state index contributed by atoms with van der Waals surface area (Å²) in [6, 6.07) is 10.9. The van der Waals surface area contributed by atoms with Crippen LogP contribution in [0, 0.1) is 17.1 Å². The molecular formula is C19H12FN7OS. The van der Waals surface area contributed by atoms with Crippen molar-refractivity contribution in [2.45, 2.75) is 0 Å². The predicted octanol–water partition coefficient (Wildman–Crippen LogP) is 3.26. The largest absolute Gasteiger partial charge is 0.296 e. The lowest BCUT2D eigenvalue weighted by Gasteiger charge is -2.01. The van der Waals surface area contributed by atoms with Crippen LogP contribution in [0.2, 0.25) is 0 Å². The Morgan fingerprint density at radius 1 is 1.21 bits per heavy atom. The van der Waals surface area contributed by atoms with Crippen LogP contribution in [-0.4, -0.2) is 30.9 Å². The van der Waals surface area contributed by atoms with E-state index in [-0.39, 0.29) is 11.5 Å². The van der Waals surface area contributed by atoms with Gasteiger partial charge in [0.1, 0.15) is 17.2 Å². The van der Waals surface area contributed by atoms with E-state index in [9.17, 15) is 9.18 Å². The third kappa shape index (κ3) is 3.85. The Kier molecular flexibility index (Phi) is 4.80. The van der Waals surface area contributed by atoms with Gasteiger partial charge in [0.2, 0.25) is 0 Å². The summed E-state index contributed by atoms with van der Waals surface area (Å²) in [5, 5.41) is 22.1. The molecule has 0 bridgehead atoms. The lowest BCUT2D eigenvalue weighted by molar-refractivity contribution is 0.102. The van der Waals surface area contributed by atoms with Crippen LogP contribution in [0.15, 0.2) is 48.0 Å².